The molecule has 0 N–H and O–H groups in total. The predicted molar refractivity (Wildman–Crippen MR) is 103 cm³/mol. The highest BCUT2D eigenvalue weighted by molar-refractivity contribution is 6.00. The topological polar surface area (TPSA) is 81.9 Å². The summed E-state index contributed by atoms with van der Waals surface area (Å²) in [7, 11) is 1.61. The number of hydrogen-bond donors (Lipinski definition) is 0. The van der Waals surface area contributed by atoms with Crippen LogP contribution in [0.25, 0.3) is 22.6 Å². The van der Waals surface area contributed by atoms with E-state index in [1.54, 1.807) is 37.1 Å². The molecule has 0 radical (unpaired) electrons. The number of anilines is 1. The molecule has 4 rings (SSSR count). The summed E-state index contributed by atoms with van der Waals surface area (Å²) in [6.07, 6.45) is 0.160. The van der Waals surface area contributed by atoms with Crippen molar-refractivity contribution in [3.8, 4) is 17.2 Å². The lowest BCUT2D eigenvalue weighted by molar-refractivity contribution is -0.147. The van der Waals surface area contributed by atoms with Crippen LogP contribution in [0.15, 0.2) is 46.9 Å². The Labute approximate surface area is 161 Å². The second-order valence-corrected chi connectivity index (χ2v) is 6.56. The second kappa shape index (κ2) is 7.34. The van der Waals surface area contributed by atoms with Crippen LogP contribution in [0, 0.1) is 5.92 Å². The van der Waals surface area contributed by atoms with Gasteiger partial charge in [0.05, 0.1) is 19.6 Å². The van der Waals surface area contributed by atoms with Gasteiger partial charge in [0.1, 0.15) is 11.3 Å². The lowest BCUT2D eigenvalue weighted by Gasteiger charge is -2.16. The molecule has 1 aliphatic rings. The van der Waals surface area contributed by atoms with E-state index in [1.807, 2.05) is 24.3 Å². The van der Waals surface area contributed by atoms with Crippen LogP contribution in [0.3, 0.4) is 0 Å². The normalized spacial score (nSPS) is 16.6. The molecule has 1 aromatic heterocycles. The van der Waals surface area contributed by atoms with E-state index in [-0.39, 0.29) is 18.3 Å². The Morgan fingerprint density at radius 3 is 2.75 bits per heavy atom. The molecule has 1 fully saturated rings. The summed E-state index contributed by atoms with van der Waals surface area (Å²) >= 11 is 0. The summed E-state index contributed by atoms with van der Waals surface area (Å²) in [4.78, 5) is 30.5. The van der Waals surface area contributed by atoms with Crippen LogP contribution in [-0.2, 0) is 14.3 Å². The molecule has 0 bridgehead atoms. The fourth-order valence-electron chi connectivity index (χ4n) is 3.32. The predicted octanol–water partition coefficient (Wildman–Crippen LogP) is 3.42. The number of methoxy groups -OCH3 is 1. The van der Waals surface area contributed by atoms with Crippen molar-refractivity contribution in [3.05, 3.63) is 42.5 Å². The minimum Gasteiger partial charge on any atom is -0.497 e. The van der Waals surface area contributed by atoms with E-state index in [0.29, 0.717) is 35.8 Å². The van der Waals surface area contributed by atoms with Crippen molar-refractivity contribution in [1.29, 1.82) is 0 Å². The molecule has 0 aliphatic carbocycles. The first-order valence-electron chi connectivity index (χ1n) is 9.11. The zero-order valence-corrected chi connectivity index (χ0v) is 15.7. The molecule has 1 amide bonds. The van der Waals surface area contributed by atoms with Gasteiger partial charge in [-0.05, 0) is 49.4 Å². The Morgan fingerprint density at radius 1 is 1.25 bits per heavy atom. The van der Waals surface area contributed by atoms with Crippen LogP contribution in [0.5, 0.6) is 5.75 Å². The number of rotatable bonds is 5. The SMILES string of the molecule is CCOC(=O)[C@H]1CC(=O)N(c2ccc3oc(-c4ccc(OC)cc4)nc3c2)C1. The molecule has 7 nitrogen and oxygen atoms in total. The number of benzene rings is 2. The highest BCUT2D eigenvalue weighted by Crippen LogP contribution is 2.31. The van der Waals surface area contributed by atoms with Crippen molar-refractivity contribution in [2.45, 2.75) is 13.3 Å². The zero-order valence-electron chi connectivity index (χ0n) is 15.7. The van der Waals surface area contributed by atoms with E-state index < -0.39 is 5.92 Å². The largest absolute Gasteiger partial charge is 0.497 e. The van der Waals surface area contributed by atoms with Gasteiger partial charge in [0.15, 0.2) is 5.58 Å². The van der Waals surface area contributed by atoms with Gasteiger partial charge in [-0.3, -0.25) is 9.59 Å². The number of carbonyl (C=O) groups excluding carboxylic acids is 2. The van der Waals surface area contributed by atoms with Crippen molar-refractivity contribution >= 4 is 28.7 Å². The number of hydrogen-bond acceptors (Lipinski definition) is 6. The fourth-order valence-corrected chi connectivity index (χ4v) is 3.32. The Kier molecular flexibility index (Phi) is 4.73. The van der Waals surface area contributed by atoms with Crippen LogP contribution >= 0.6 is 0 Å². The first-order chi connectivity index (χ1) is 13.6. The number of amides is 1. The van der Waals surface area contributed by atoms with Gasteiger partial charge in [0, 0.05) is 24.2 Å². The van der Waals surface area contributed by atoms with E-state index in [9.17, 15) is 9.59 Å². The van der Waals surface area contributed by atoms with Crippen LogP contribution in [0.2, 0.25) is 0 Å². The van der Waals surface area contributed by atoms with Crippen LogP contribution in [-0.4, -0.2) is 37.1 Å². The monoisotopic (exact) mass is 380 g/mol. The van der Waals surface area contributed by atoms with Crippen LogP contribution in [0.1, 0.15) is 13.3 Å². The number of fused-ring (bicyclic) bond motifs is 1. The second-order valence-electron chi connectivity index (χ2n) is 6.56. The number of esters is 1. The molecule has 28 heavy (non-hydrogen) atoms. The fraction of sp³-hybridized carbons (Fsp3) is 0.286. The average molecular weight is 380 g/mol. The number of ether oxygens (including phenoxy) is 2. The maximum absolute atomic E-state index is 12.4. The smallest absolute Gasteiger partial charge is 0.311 e. The highest BCUT2D eigenvalue weighted by Gasteiger charge is 2.36. The quantitative estimate of drug-likeness (QED) is 0.631. The van der Waals surface area contributed by atoms with Gasteiger partial charge < -0.3 is 18.8 Å². The molecule has 0 unspecified atom stereocenters. The minimum absolute atomic E-state index is 0.101. The van der Waals surface area contributed by atoms with E-state index >= 15 is 0 Å². The molecule has 3 aromatic rings. The van der Waals surface area contributed by atoms with E-state index in [0.717, 1.165) is 11.3 Å². The number of aromatic nitrogens is 1. The Morgan fingerprint density at radius 2 is 2.04 bits per heavy atom. The number of carbonyl (C=O) groups is 2. The molecule has 1 aliphatic heterocycles. The third-order valence-corrected chi connectivity index (χ3v) is 4.76. The summed E-state index contributed by atoms with van der Waals surface area (Å²) < 4.78 is 16.0. The van der Waals surface area contributed by atoms with Crippen LogP contribution in [0.4, 0.5) is 5.69 Å². The van der Waals surface area contributed by atoms with Crippen LogP contribution < -0.4 is 9.64 Å². The van der Waals surface area contributed by atoms with Gasteiger partial charge in [-0.1, -0.05) is 0 Å². The molecule has 1 atom stereocenters. The van der Waals surface area contributed by atoms with E-state index in [2.05, 4.69) is 4.98 Å². The molecular weight excluding hydrogens is 360 g/mol. The molecule has 0 spiro atoms. The van der Waals surface area contributed by atoms with Crippen molar-refractivity contribution in [1.82, 2.24) is 4.98 Å². The van der Waals surface area contributed by atoms with Gasteiger partial charge in [0.2, 0.25) is 11.8 Å². The summed E-state index contributed by atoms with van der Waals surface area (Å²) in [5.41, 5.74) is 2.80. The Bertz CT molecular complexity index is 1020. The first kappa shape index (κ1) is 18.0. The van der Waals surface area contributed by atoms with Gasteiger partial charge in [0.25, 0.3) is 0 Å². The third kappa shape index (κ3) is 3.31. The molecule has 7 heteroatoms. The summed E-state index contributed by atoms with van der Waals surface area (Å²) in [5, 5.41) is 0. The third-order valence-electron chi connectivity index (χ3n) is 4.76. The van der Waals surface area contributed by atoms with Gasteiger partial charge in [-0.2, -0.15) is 0 Å². The van der Waals surface area contributed by atoms with Gasteiger partial charge >= 0.3 is 5.97 Å². The molecule has 144 valence electrons. The number of nitrogens with zero attached hydrogens (tertiary/aromatic N) is 2. The average Bonchev–Trinajstić information content (AvgIpc) is 3.31. The molecular formula is C21H20N2O5. The molecule has 2 aromatic carbocycles. The van der Waals surface area contributed by atoms with Gasteiger partial charge in [-0.15, -0.1) is 0 Å². The van der Waals surface area contributed by atoms with E-state index in [4.69, 9.17) is 13.9 Å². The molecule has 1 saturated heterocycles. The van der Waals surface area contributed by atoms with Crippen molar-refractivity contribution in [2.24, 2.45) is 5.92 Å². The first-order valence-corrected chi connectivity index (χ1v) is 9.11. The molecule has 0 saturated carbocycles. The summed E-state index contributed by atoms with van der Waals surface area (Å²) in [6, 6.07) is 12.8. The Balaban J connectivity index is 1.59. The molecule has 2 heterocycles. The summed E-state index contributed by atoms with van der Waals surface area (Å²) in [6.45, 7) is 2.38. The zero-order chi connectivity index (χ0) is 19.7. The lowest BCUT2D eigenvalue weighted by atomic mass is 10.1. The van der Waals surface area contributed by atoms with E-state index in [1.165, 1.54) is 0 Å². The van der Waals surface area contributed by atoms with Crippen molar-refractivity contribution in [3.63, 3.8) is 0 Å². The highest BCUT2D eigenvalue weighted by atomic mass is 16.5. The maximum Gasteiger partial charge on any atom is 0.311 e. The maximum atomic E-state index is 12.4. The van der Waals surface area contributed by atoms with Gasteiger partial charge in [-0.25, -0.2) is 4.98 Å². The van der Waals surface area contributed by atoms with Crippen molar-refractivity contribution in [2.75, 3.05) is 25.2 Å². The minimum atomic E-state index is -0.435. The Hall–Kier alpha value is -3.35. The standard InChI is InChI=1S/C21H20N2O5/c1-3-27-21(25)14-10-19(24)23(12-14)15-6-9-18-17(11-15)22-20(28-18)13-4-7-16(26-2)8-5-13/h4-9,11,14H,3,10,12H2,1-2H3/t14-/m0/s1. The number of oxazole rings is 1. The van der Waals surface area contributed by atoms with Crippen molar-refractivity contribution < 1.29 is 23.5 Å². The lowest BCUT2D eigenvalue weighted by Crippen LogP contribution is -2.26. The summed E-state index contributed by atoms with van der Waals surface area (Å²) in [5.74, 6) is 0.382.